The second-order valence-electron chi connectivity index (χ2n) is 8.14. The Kier molecular flexibility index (Phi) is 6.50. The minimum Gasteiger partial charge on any atom is -0.313 e. The van der Waals surface area contributed by atoms with E-state index in [4.69, 9.17) is 0 Å². The van der Waals surface area contributed by atoms with Crippen LogP contribution in [0, 0.1) is 10.1 Å². The summed E-state index contributed by atoms with van der Waals surface area (Å²) in [5, 5.41) is 14.1. The summed E-state index contributed by atoms with van der Waals surface area (Å²) in [5.74, 6) is 0. The first-order chi connectivity index (χ1) is 15.5. The normalized spacial score (nSPS) is 15.0. The number of aryl methyl sites for hydroxylation is 2. The van der Waals surface area contributed by atoms with Gasteiger partial charge >= 0.3 is 6.03 Å². The molecule has 1 aliphatic rings. The summed E-state index contributed by atoms with van der Waals surface area (Å²) in [6.45, 7) is 2.47. The minimum absolute atomic E-state index is 0.0452. The Labute approximate surface area is 188 Å². The van der Waals surface area contributed by atoms with Crippen molar-refractivity contribution in [2.24, 2.45) is 0 Å². The van der Waals surface area contributed by atoms with Crippen LogP contribution in [0.5, 0.6) is 0 Å². The molecule has 0 fully saturated rings. The van der Waals surface area contributed by atoms with Gasteiger partial charge in [0.05, 0.1) is 11.0 Å². The molecule has 6 nitrogen and oxygen atoms in total. The number of hydrogen-bond acceptors (Lipinski definition) is 3. The molecule has 0 radical (unpaired) electrons. The molecular weight excluding hydrogens is 402 g/mol. The first-order valence-corrected chi connectivity index (χ1v) is 11.0. The predicted octanol–water partition coefficient (Wildman–Crippen LogP) is 6.27. The molecule has 2 amide bonds. The summed E-state index contributed by atoms with van der Waals surface area (Å²) < 4.78 is 0. The number of nitrogens with one attached hydrogen (secondary N) is 1. The van der Waals surface area contributed by atoms with Crippen LogP contribution in [-0.2, 0) is 19.4 Å². The van der Waals surface area contributed by atoms with Gasteiger partial charge in [0.1, 0.15) is 0 Å². The third kappa shape index (κ3) is 4.80. The molecule has 4 rings (SSSR count). The van der Waals surface area contributed by atoms with Gasteiger partial charge in [-0.15, -0.1) is 0 Å². The van der Waals surface area contributed by atoms with Crippen molar-refractivity contribution in [2.45, 2.75) is 45.2 Å². The second kappa shape index (κ2) is 9.64. The standard InChI is InChI=1S/C26H27N3O3/c1-2-19-10-14-22(15-11-19)27-26(30)28(18-20-12-16-23(17-13-20)29(31)32)25-9-5-7-21-6-3-4-8-24(21)25/h3-4,6,8,10-17,25H,2,5,7,9,18H2,1H3,(H,27,30). The smallest absolute Gasteiger partial charge is 0.313 e. The van der Waals surface area contributed by atoms with Gasteiger partial charge in [-0.25, -0.2) is 4.79 Å². The predicted molar refractivity (Wildman–Crippen MR) is 126 cm³/mol. The number of fused-ring (bicyclic) bond motifs is 1. The number of benzene rings is 3. The van der Waals surface area contributed by atoms with Crippen LogP contribution in [-0.4, -0.2) is 15.9 Å². The highest BCUT2D eigenvalue weighted by Gasteiger charge is 2.29. The van der Waals surface area contributed by atoms with Gasteiger partial charge in [0.25, 0.3) is 5.69 Å². The van der Waals surface area contributed by atoms with Crippen molar-refractivity contribution in [1.82, 2.24) is 4.90 Å². The van der Waals surface area contributed by atoms with Crippen LogP contribution in [0.2, 0.25) is 0 Å². The lowest BCUT2D eigenvalue weighted by Crippen LogP contribution is -2.39. The van der Waals surface area contributed by atoms with E-state index < -0.39 is 4.92 Å². The SMILES string of the molecule is CCc1ccc(NC(=O)N(Cc2ccc([N+](=O)[O-])cc2)C2CCCc3ccccc32)cc1. The van der Waals surface area contributed by atoms with Gasteiger partial charge in [-0.3, -0.25) is 10.1 Å². The van der Waals surface area contributed by atoms with Crippen LogP contribution < -0.4 is 5.32 Å². The highest BCUT2D eigenvalue weighted by Crippen LogP contribution is 2.35. The van der Waals surface area contributed by atoms with Gasteiger partial charge in [0.15, 0.2) is 0 Å². The number of nitro benzene ring substituents is 1. The summed E-state index contributed by atoms with van der Waals surface area (Å²) in [7, 11) is 0. The van der Waals surface area contributed by atoms with Gasteiger partial charge in [-0.1, -0.05) is 55.5 Å². The zero-order chi connectivity index (χ0) is 22.5. The van der Waals surface area contributed by atoms with Crippen LogP contribution >= 0.6 is 0 Å². The molecule has 3 aromatic carbocycles. The molecule has 0 spiro atoms. The van der Waals surface area contributed by atoms with Gasteiger partial charge in [0, 0.05) is 24.4 Å². The number of nitrogens with zero attached hydrogens (tertiary/aromatic N) is 2. The highest BCUT2D eigenvalue weighted by atomic mass is 16.6. The average molecular weight is 430 g/mol. The van der Waals surface area contributed by atoms with Gasteiger partial charge in [-0.2, -0.15) is 0 Å². The largest absolute Gasteiger partial charge is 0.322 e. The van der Waals surface area contributed by atoms with E-state index in [0.29, 0.717) is 6.54 Å². The Hall–Kier alpha value is -3.67. The summed E-state index contributed by atoms with van der Waals surface area (Å²) in [6.07, 6.45) is 3.85. The van der Waals surface area contributed by atoms with E-state index >= 15 is 0 Å². The fraction of sp³-hybridized carbons (Fsp3) is 0.269. The van der Waals surface area contributed by atoms with Crippen molar-refractivity contribution < 1.29 is 9.72 Å². The fourth-order valence-corrected chi connectivity index (χ4v) is 4.31. The zero-order valence-electron chi connectivity index (χ0n) is 18.2. The molecule has 32 heavy (non-hydrogen) atoms. The lowest BCUT2D eigenvalue weighted by Gasteiger charge is -2.36. The second-order valence-corrected chi connectivity index (χ2v) is 8.14. The maximum Gasteiger partial charge on any atom is 0.322 e. The molecule has 0 bridgehead atoms. The molecule has 1 atom stereocenters. The number of amides is 2. The van der Waals surface area contributed by atoms with E-state index in [2.05, 4.69) is 24.4 Å². The maximum atomic E-state index is 13.5. The van der Waals surface area contributed by atoms with Crippen molar-refractivity contribution in [3.05, 3.63) is 105 Å². The molecule has 0 aliphatic heterocycles. The Bertz CT molecular complexity index is 1090. The van der Waals surface area contributed by atoms with Crippen molar-refractivity contribution >= 4 is 17.4 Å². The Morgan fingerprint density at radius 1 is 1.03 bits per heavy atom. The summed E-state index contributed by atoms with van der Waals surface area (Å²) in [5.41, 5.74) is 5.32. The third-order valence-corrected chi connectivity index (χ3v) is 6.09. The van der Waals surface area contributed by atoms with Crippen molar-refractivity contribution in [2.75, 3.05) is 5.32 Å². The number of hydrogen-bond donors (Lipinski definition) is 1. The van der Waals surface area contributed by atoms with Crippen LogP contribution in [0.4, 0.5) is 16.2 Å². The Balaban J connectivity index is 1.62. The summed E-state index contributed by atoms with van der Waals surface area (Å²) in [4.78, 5) is 25.9. The van der Waals surface area contributed by atoms with E-state index in [-0.39, 0.29) is 17.8 Å². The summed E-state index contributed by atoms with van der Waals surface area (Å²) in [6, 6.07) is 22.4. The number of non-ortho nitro benzene ring substituents is 1. The van der Waals surface area contributed by atoms with Crippen molar-refractivity contribution in [3.8, 4) is 0 Å². The van der Waals surface area contributed by atoms with Crippen LogP contribution in [0.1, 0.15) is 48.1 Å². The van der Waals surface area contributed by atoms with Crippen LogP contribution in [0.15, 0.2) is 72.8 Å². The first kappa shape index (κ1) is 21.6. The minimum atomic E-state index is -0.411. The first-order valence-electron chi connectivity index (χ1n) is 11.0. The van der Waals surface area contributed by atoms with E-state index in [9.17, 15) is 14.9 Å². The van der Waals surface area contributed by atoms with E-state index in [1.54, 1.807) is 12.1 Å². The van der Waals surface area contributed by atoms with Crippen LogP contribution in [0.3, 0.4) is 0 Å². The molecule has 1 aliphatic carbocycles. The molecule has 164 valence electrons. The maximum absolute atomic E-state index is 13.5. The monoisotopic (exact) mass is 429 g/mol. The fourth-order valence-electron chi connectivity index (χ4n) is 4.31. The number of carbonyl (C=O) groups is 1. The highest BCUT2D eigenvalue weighted by molar-refractivity contribution is 5.89. The molecule has 1 N–H and O–H groups in total. The third-order valence-electron chi connectivity index (χ3n) is 6.09. The molecule has 0 aromatic heterocycles. The number of carbonyl (C=O) groups excluding carboxylic acids is 1. The van der Waals surface area contributed by atoms with Crippen LogP contribution in [0.25, 0.3) is 0 Å². The van der Waals surface area contributed by atoms with Gasteiger partial charge in [0.2, 0.25) is 0 Å². The molecule has 0 saturated heterocycles. The Morgan fingerprint density at radius 3 is 2.41 bits per heavy atom. The van der Waals surface area contributed by atoms with Gasteiger partial charge < -0.3 is 10.2 Å². The zero-order valence-corrected chi connectivity index (χ0v) is 18.2. The van der Waals surface area contributed by atoms with E-state index in [1.165, 1.54) is 28.8 Å². The molecule has 0 saturated carbocycles. The van der Waals surface area contributed by atoms with E-state index in [1.807, 2.05) is 41.3 Å². The molecular formula is C26H27N3O3. The average Bonchev–Trinajstić information content (AvgIpc) is 2.83. The number of urea groups is 1. The molecule has 6 heteroatoms. The topological polar surface area (TPSA) is 75.5 Å². The van der Waals surface area contributed by atoms with Crippen molar-refractivity contribution in [1.29, 1.82) is 0 Å². The molecule has 1 unspecified atom stereocenters. The summed E-state index contributed by atoms with van der Waals surface area (Å²) >= 11 is 0. The number of anilines is 1. The number of rotatable bonds is 6. The molecule has 3 aromatic rings. The molecule has 0 heterocycles. The number of nitro groups is 1. The van der Waals surface area contributed by atoms with E-state index in [0.717, 1.165) is 36.9 Å². The van der Waals surface area contributed by atoms with Gasteiger partial charge in [-0.05, 0) is 60.1 Å². The lowest BCUT2D eigenvalue weighted by molar-refractivity contribution is -0.384. The lowest BCUT2D eigenvalue weighted by atomic mass is 9.86. The Morgan fingerprint density at radius 2 is 1.72 bits per heavy atom. The van der Waals surface area contributed by atoms with Crippen molar-refractivity contribution in [3.63, 3.8) is 0 Å². The quantitative estimate of drug-likeness (QED) is 0.371.